The smallest absolute Gasteiger partial charge is 0.141 e. The molecule has 2 rings (SSSR count). The van der Waals surface area contributed by atoms with Gasteiger partial charge in [-0.3, -0.25) is 4.57 Å². The van der Waals surface area contributed by atoms with Crippen LogP contribution in [0.4, 0.5) is 5.82 Å². The van der Waals surface area contributed by atoms with Crippen molar-refractivity contribution in [3.05, 3.63) is 31.9 Å². The molecule has 0 fully saturated rings. The predicted molar refractivity (Wildman–Crippen MR) is 71.2 cm³/mol. The molecule has 0 aliphatic rings. The molecule has 2 heterocycles. The average molecular weight is 412 g/mol. The molecule has 0 spiro atoms. The highest BCUT2D eigenvalue weighted by atomic mass is 127. The summed E-state index contributed by atoms with van der Waals surface area (Å²) < 4.78 is 3.91. The molecule has 0 saturated carbocycles. The van der Waals surface area contributed by atoms with Gasteiger partial charge >= 0.3 is 0 Å². The highest BCUT2D eigenvalue weighted by molar-refractivity contribution is 14.1. The van der Waals surface area contributed by atoms with Gasteiger partial charge in [-0.15, -0.1) is 0 Å². The van der Waals surface area contributed by atoms with E-state index in [2.05, 4.69) is 55.1 Å². The van der Waals surface area contributed by atoms with Crippen molar-refractivity contribution < 1.29 is 0 Å². The van der Waals surface area contributed by atoms with E-state index in [-0.39, 0.29) is 0 Å². The molecule has 0 saturated heterocycles. The summed E-state index contributed by atoms with van der Waals surface area (Å²) in [5, 5.41) is 0. The van der Waals surface area contributed by atoms with Gasteiger partial charge in [-0.2, -0.15) is 0 Å². The first-order valence-electron chi connectivity index (χ1n) is 3.80. The fourth-order valence-corrected chi connectivity index (χ4v) is 1.94. The van der Waals surface area contributed by atoms with Crippen molar-refractivity contribution >= 4 is 51.0 Å². The molecule has 0 amide bonds. The largest absolute Gasteiger partial charge is 0.384 e. The number of pyridine rings is 1. The summed E-state index contributed by atoms with van der Waals surface area (Å²) in [4.78, 5) is 8.39. The van der Waals surface area contributed by atoms with Crippen molar-refractivity contribution in [2.75, 3.05) is 5.73 Å². The molecule has 72 valence electrons. The highest BCUT2D eigenvalue weighted by Gasteiger charge is 2.07. The molecule has 0 aliphatic carbocycles. The molecule has 0 unspecified atom stereocenters. The van der Waals surface area contributed by atoms with E-state index in [0.717, 1.165) is 13.2 Å². The number of nitrogen functional groups attached to an aromatic ring is 1. The van der Waals surface area contributed by atoms with Gasteiger partial charge in [0.05, 0.1) is 0 Å². The first-order chi connectivity index (χ1) is 6.68. The molecule has 14 heavy (non-hydrogen) atoms. The Morgan fingerprint density at radius 2 is 2.07 bits per heavy atom. The predicted octanol–water partition coefficient (Wildman–Crippen LogP) is 2.06. The molecule has 4 nitrogen and oxygen atoms in total. The van der Waals surface area contributed by atoms with E-state index in [9.17, 15) is 0 Å². The van der Waals surface area contributed by atoms with Gasteiger partial charge in [0.1, 0.15) is 25.4 Å². The third kappa shape index (κ3) is 1.85. The van der Waals surface area contributed by atoms with Crippen LogP contribution >= 0.6 is 45.2 Å². The van der Waals surface area contributed by atoms with Crippen LogP contribution in [0.15, 0.2) is 24.5 Å². The maximum Gasteiger partial charge on any atom is 0.141 e. The number of anilines is 1. The van der Waals surface area contributed by atoms with E-state index < -0.39 is 0 Å². The Balaban J connectivity index is 2.55. The maximum absolute atomic E-state index is 5.60. The topological polar surface area (TPSA) is 56.7 Å². The number of imidazole rings is 1. The minimum atomic E-state index is 0.516. The quantitative estimate of drug-likeness (QED) is 0.731. The van der Waals surface area contributed by atoms with Crippen LogP contribution in [0.5, 0.6) is 0 Å². The van der Waals surface area contributed by atoms with Crippen molar-refractivity contribution in [2.45, 2.75) is 0 Å². The Morgan fingerprint density at radius 1 is 1.29 bits per heavy atom. The zero-order valence-corrected chi connectivity index (χ0v) is 11.3. The van der Waals surface area contributed by atoms with E-state index in [1.165, 1.54) is 0 Å². The number of aromatic nitrogens is 3. The standard InChI is InChI=1S/C8H6I2N4/c9-7-8(10)14(4-12-7)6-3-1-2-5(11)13-6/h1-4H,(H2,11,13). The zero-order valence-electron chi connectivity index (χ0n) is 6.98. The van der Waals surface area contributed by atoms with E-state index in [1.807, 2.05) is 16.7 Å². The SMILES string of the molecule is Nc1cccc(-n2cnc(I)c2I)n1. The van der Waals surface area contributed by atoms with Crippen molar-refractivity contribution in [1.29, 1.82) is 0 Å². The van der Waals surface area contributed by atoms with Crippen molar-refractivity contribution in [3.63, 3.8) is 0 Å². The Hall–Kier alpha value is -0.380. The molecule has 2 aromatic rings. The fourth-order valence-electron chi connectivity index (χ4n) is 1.05. The van der Waals surface area contributed by atoms with Crippen LogP contribution in [-0.2, 0) is 0 Å². The van der Waals surface area contributed by atoms with Gasteiger partial charge in [-0.1, -0.05) is 6.07 Å². The van der Waals surface area contributed by atoms with Gasteiger partial charge in [-0.25, -0.2) is 9.97 Å². The van der Waals surface area contributed by atoms with E-state index in [1.54, 1.807) is 12.4 Å². The Labute approximate surface area is 108 Å². The molecule has 2 aromatic heterocycles. The second-order valence-electron chi connectivity index (χ2n) is 2.62. The average Bonchev–Trinajstić information content (AvgIpc) is 2.48. The number of hydrogen-bond acceptors (Lipinski definition) is 3. The lowest BCUT2D eigenvalue weighted by molar-refractivity contribution is 0.973. The molecular weight excluding hydrogens is 406 g/mol. The molecule has 0 bridgehead atoms. The second-order valence-corrected chi connectivity index (χ2v) is 4.66. The Morgan fingerprint density at radius 3 is 2.64 bits per heavy atom. The van der Waals surface area contributed by atoms with Gasteiger partial charge in [0.15, 0.2) is 0 Å². The number of rotatable bonds is 1. The van der Waals surface area contributed by atoms with Gasteiger partial charge in [0.25, 0.3) is 0 Å². The van der Waals surface area contributed by atoms with Crippen LogP contribution in [-0.4, -0.2) is 14.5 Å². The summed E-state index contributed by atoms with van der Waals surface area (Å²) in [5.41, 5.74) is 5.60. The summed E-state index contributed by atoms with van der Waals surface area (Å²) >= 11 is 4.41. The van der Waals surface area contributed by atoms with Crippen molar-refractivity contribution in [2.24, 2.45) is 0 Å². The van der Waals surface area contributed by atoms with E-state index in [0.29, 0.717) is 5.82 Å². The minimum absolute atomic E-state index is 0.516. The van der Waals surface area contributed by atoms with Crippen molar-refractivity contribution in [1.82, 2.24) is 14.5 Å². The lowest BCUT2D eigenvalue weighted by Crippen LogP contribution is -2.00. The molecule has 0 atom stereocenters. The maximum atomic E-state index is 5.60. The second kappa shape index (κ2) is 4.01. The molecule has 0 aromatic carbocycles. The van der Waals surface area contributed by atoms with Gasteiger partial charge in [0.2, 0.25) is 0 Å². The van der Waals surface area contributed by atoms with Crippen LogP contribution in [0.25, 0.3) is 5.82 Å². The van der Waals surface area contributed by atoms with E-state index in [4.69, 9.17) is 5.73 Å². The number of halogens is 2. The van der Waals surface area contributed by atoms with Crippen LogP contribution in [0.1, 0.15) is 0 Å². The minimum Gasteiger partial charge on any atom is -0.384 e. The molecule has 0 radical (unpaired) electrons. The summed E-state index contributed by atoms with van der Waals surface area (Å²) in [7, 11) is 0. The first-order valence-corrected chi connectivity index (χ1v) is 5.95. The van der Waals surface area contributed by atoms with Crippen molar-refractivity contribution in [3.8, 4) is 5.82 Å². The molecule has 2 N–H and O–H groups in total. The summed E-state index contributed by atoms with van der Waals surface area (Å²) in [5.74, 6) is 1.31. The number of nitrogens with zero attached hydrogens (tertiary/aromatic N) is 3. The highest BCUT2D eigenvalue weighted by Crippen LogP contribution is 2.17. The lowest BCUT2D eigenvalue weighted by Gasteiger charge is -2.02. The Bertz CT molecular complexity index is 466. The van der Waals surface area contributed by atoms with Crippen LogP contribution in [0, 0.1) is 7.40 Å². The number of nitrogens with two attached hydrogens (primary N) is 1. The van der Waals surface area contributed by atoms with Gasteiger partial charge < -0.3 is 5.73 Å². The van der Waals surface area contributed by atoms with Crippen LogP contribution < -0.4 is 5.73 Å². The van der Waals surface area contributed by atoms with Gasteiger partial charge in [-0.05, 0) is 57.3 Å². The fraction of sp³-hybridized carbons (Fsp3) is 0. The monoisotopic (exact) mass is 412 g/mol. The molecule has 0 aliphatic heterocycles. The summed E-state index contributed by atoms with van der Waals surface area (Å²) in [6.45, 7) is 0. The molecule has 6 heteroatoms. The Kier molecular flexibility index (Phi) is 2.91. The normalized spacial score (nSPS) is 10.4. The first kappa shape index (κ1) is 10.1. The zero-order chi connectivity index (χ0) is 10.1. The molecular formula is C8H6I2N4. The lowest BCUT2D eigenvalue weighted by atomic mass is 10.4. The van der Waals surface area contributed by atoms with Crippen LogP contribution in [0.3, 0.4) is 0 Å². The summed E-state index contributed by atoms with van der Waals surface area (Å²) in [6, 6.07) is 5.54. The summed E-state index contributed by atoms with van der Waals surface area (Å²) in [6.07, 6.45) is 1.74. The van der Waals surface area contributed by atoms with E-state index >= 15 is 0 Å². The third-order valence-electron chi connectivity index (χ3n) is 1.67. The third-order valence-corrected chi connectivity index (χ3v) is 4.52. The number of hydrogen-bond donors (Lipinski definition) is 1. The van der Waals surface area contributed by atoms with Crippen LogP contribution in [0.2, 0.25) is 0 Å². The van der Waals surface area contributed by atoms with Gasteiger partial charge in [0, 0.05) is 0 Å².